The van der Waals surface area contributed by atoms with Gasteiger partial charge in [0.25, 0.3) is 0 Å². The number of urea groups is 1. The quantitative estimate of drug-likeness (QED) is 0.782. The lowest BCUT2D eigenvalue weighted by atomic mass is 9.96. The van der Waals surface area contributed by atoms with Crippen LogP contribution in [0, 0.1) is 13.8 Å². The number of hydrogen-bond donors (Lipinski definition) is 3. The molecule has 0 spiro atoms. The second-order valence-electron chi connectivity index (χ2n) is 6.21. The molecule has 0 bridgehead atoms. The molecule has 7 nitrogen and oxygen atoms in total. The largest absolute Gasteiger partial charge is 0.466 e. The summed E-state index contributed by atoms with van der Waals surface area (Å²) in [5.41, 5.74) is 0.0250. The fourth-order valence-electron chi connectivity index (χ4n) is 2.41. The van der Waals surface area contributed by atoms with E-state index in [9.17, 15) is 9.90 Å². The number of pyridine rings is 1. The topological polar surface area (TPSA) is 90.6 Å². The van der Waals surface area contributed by atoms with Gasteiger partial charge in [-0.1, -0.05) is 0 Å². The molecule has 0 aliphatic carbocycles. The molecule has 2 rings (SSSR count). The highest BCUT2D eigenvalue weighted by Gasteiger charge is 2.28. The first kappa shape index (κ1) is 17.8. The van der Waals surface area contributed by atoms with E-state index < -0.39 is 11.6 Å². The van der Waals surface area contributed by atoms with Crippen molar-refractivity contribution in [3.05, 3.63) is 41.5 Å². The van der Waals surface area contributed by atoms with E-state index in [0.717, 1.165) is 11.6 Å². The van der Waals surface area contributed by atoms with Crippen molar-refractivity contribution in [2.24, 2.45) is 0 Å². The molecule has 130 valence electrons. The Morgan fingerprint density at radius 1 is 1.38 bits per heavy atom. The maximum absolute atomic E-state index is 12.0. The first-order valence-corrected chi connectivity index (χ1v) is 7.67. The molecule has 0 radical (unpaired) electrons. The van der Waals surface area contributed by atoms with Crippen LogP contribution in [0.25, 0.3) is 0 Å². The Morgan fingerprint density at radius 2 is 2.08 bits per heavy atom. The summed E-state index contributed by atoms with van der Waals surface area (Å²) in [7, 11) is 3.79. The number of aliphatic hydroxyl groups is 1. The predicted octanol–water partition coefficient (Wildman–Crippen LogP) is 2.39. The van der Waals surface area contributed by atoms with Crippen molar-refractivity contribution in [3.63, 3.8) is 0 Å². The number of carbonyl (C=O) groups excluding carboxylic acids is 1. The summed E-state index contributed by atoms with van der Waals surface area (Å²) in [5, 5.41) is 15.9. The van der Waals surface area contributed by atoms with Gasteiger partial charge in [-0.05, 0) is 39.0 Å². The van der Waals surface area contributed by atoms with Crippen LogP contribution in [0.3, 0.4) is 0 Å². The summed E-state index contributed by atoms with van der Waals surface area (Å²) in [6.45, 7) is 5.30. The summed E-state index contributed by atoms with van der Waals surface area (Å²) < 4.78 is 5.43. The average molecular weight is 332 g/mol. The number of anilines is 2. The Balaban J connectivity index is 1.94. The zero-order valence-corrected chi connectivity index (χ0v) is 14.7. The van der Waals surface area contributed by atoms with Crippen molar-refractivity contribution < 1.29 is 14.3 Å². The third-order valence-electron chi connectivity index (χ3n) is 3.68. The zero-order chi connectivity index (χ0) is 17.9. The summed E-state index contributed by atoms with van der Waals surface area (Å²) in [6.07, 6.45) is 1.58. The highest BCUT2D eigenvalue weighted by atomic mass is 16.3. The molecule has 0 aromatic carbocycles. The van der Waals surface area contributed by atoms with Crippen LogP contribution >= 0.6 is 0 Å². The second-order valence-corrected chi connectivity index (χ2v) is 6.21. The Hall–Kier alpha value is -2.54. The van der Waals surface area contributed by atoms with E-state index in [0.29, 0.717) is 17.0 Å². The zero-order valence-electron chi connectivity index (χ0n) is 14.7. The minimum atomic E-state index is -1.22. The molecule has 1 unspecified atom stereocenters. The summed E-state index contributed by atoms with van der Waals surface area (Å²) in [5.74, 6) is 2.16. The lowest BCUT2D eigenvalue weighted by Gasteiger charge is -2.23. The number of aryl methyl sites for hydroxylation is 2. The van der Waals surface area contributed by atoms with Gasteiger partial charge in [0.2, 0.25) is 0 Å². The van der Waals surface area contributed by atoms with Crippen LogP contribution in [-0.4, -0.2) is 36.8 Å². The lowest BCUT2D eigenvalue weighted by Crippen LogP contribution is -2.40. The molecule has 1 atom stereocenters. The minimum absolute atomic E-state index is 0.0574. The molecule has 2 aromatic rings. The normalized spacial score (nSPS) is 13.2. The highest BCUT2D eigenvalue weighted by molar-refractivity contribution is 5.89. The Morgan fingerprint density at radius 3 is 2.58 bits per heavy atom. The first-order valence-electron chi connectivity index (χ1n) is 7.67. The van der Waals surface area contributed by atoms with Crippen LogP contribution in [0.4, 0.5) is 16.3 Å². The molecule has 0 fully saturated rings. The van der Waals surface area contributed by atoms with Crippen molar-refractivity contribution in [1.82, 2.24) is 10.3 Å². The number of aromatic nitrogens is 1. The van der Waals surface area contributed by atoms with Crippen molar-refractivity contribution in [3.8, 4) is 0 Å². The van der Waals surface area contributed by atoms with Gasteiger partial charge in [0, 0.05) is 19.7 Å². The molecule has 0 aliphatic heterocycles. The fraction of sp³-hybridized carbons (Fsp3) is 0.412. The van der Waals surface area contributed by atoms with Crippen LogP contribution < -0.4 is 15.5 Å². The Labute approximate surface area is 141 Å². The lowest BCUT2D eigenvalue weighted by molar-refractivity contribution is 0.0584. The van der Waals surface area contributed by atoms with Crippen molar-refractivity contribution in [1.29, 1.82) is 0 Å². The third-order valence-corrected chi connectivity index (χ3v) is 3.68. The number of amides is 2. The van der Waals surface area contributed by atoms with Crippen LogP contribution in [0.15, 0.2) is 28.8 Å². The number of hydrogen-bond acceptors (Lipinski definition) is 5. The van der Waals surface area contributed by atoms with Gasteiger partial charge in [-0.25, -0.2) is 9.78 Å². The number of nitrogens with zero attached hydrogens (tertiary/aromatic N) is 2. The molecule has 0 aliphatic rings. The van der Waals surface area contributed by atoms with Gasteiger partial charge in [0.15, 0.2) is 0 Å². The SMILES string of the molecule is Cc1cc(C(C)(O)CNC(=O)Nc2ccc(N(C)C)nc2)c(C)o1. The van der Waals surface area contributed by atoms with Crippen molar-refractivity contribution in [2.45, 2.75) is 26.4 Å². The number of furan rings is 1. The molecular formula is C17H24N4O3. The van der Waals surface area contributed by atoms with Crippen LogP contribution in [0.1, 0.15) is 24.0 Å². The van der Waals surface area contributed by atoms with Gasteiger partial charge in [0.1, 0.15) is 22.9 Å². The van der Waals surface area contributed by atoms with Crippen LogP contribution in [0.5, 0.6) is 0 Å². The first-order chi connectivity index (χ1) is 11.2. The van der Waals surface area contributed by atoms with E-state index in [1.54, 1.807) is 32.2 Å². The molecule has 3 N–H and O–H groups in total. The summed E-state index contributed by atoms with van der Waals surface area (Å²) >= 11 is 0. The molecule has 24 heavy (non-hydrogen) atoms. The molecule has 0 saturated carbocycles. The summed E-state index contributed by atoms with van der Waals surface area (Å²) in [4.78, 5) is 18.1. The van der Waals surface area contributed by atoms with Crippen LogP contribution in [-0.2, 0) is 5.60 Å². The summed E-state index contributed by atoms with van der Waals surface area (Å²) in [6, 6.07) is 4.94. The molecule has 7 heteroatoms. The van der Waals surface area contributed by atoms with E-state index in [4.69, 9.17) is 4.42 Å². The number of nitrogens with one attached hydrogen (secondary N) is 2. The third kappa shape index (κ3) is 4.26. The predicted molar refractivity (Wildman–Crippen MR) is 93.3 cm³/mol. The van der Waals surface area contributed by atoms with Crippen LogP contribution in [0.2, 0.25) is 0 Å². The maximum Gasteiger partial charge on any atom is 0.319 e. The smallest absolute Gasteiger partial charge is 0.319 e. The van der Waals surface area contributed by atoms with E-state index in [2.05, 4.69) is 15.6 Å². The minimum Gasteiger partial charge on any atom is -0.466 e. The monoisotopic (exact) mass is 332 g/mol. The van der Waals surface area contributed by atoms with Gasteiger partial charge in [0.05, 0.1) is 18.4 Å². The van der Waals surface area contributed by atoms with Crippen molar-refractivity contribution >= 4 is 17.5 Å². The van der Waals surface area contributed by atoms with E-state index in [1.807, 2.05) is 32.0 Å². The van der Waals surface area contributed by atoms with Gasteiger partial charge >= 0.3 is 6.03 Å². The van der Waals surface area contributed by atoms with E-state index >= 15 is 0 Å². The molecule has 2 aromatic heterocycles. The molecule has 2 amide bonds. The van der Waals surface area contributed by atoms with Gasteiger partial charge in [-0.15, -0.1) is 0 Å². The Kier molecular flexibility index (Phi) is 5.14. The van der Waals surface area contributed by atoms with Gasteiger partial charge < -0.3 is 25.1 Å². The fourth-order valence-corrected chi connectivity index (χ4v) is 2.41. The average Bonchev–Trinajstić information content (AvgIpc) is 2.85. The highest BCUT2D eigenvalue weighted by Crippen LogP contribution is 2.26. The second kappa shape index (κ2) is 6.92. The number of carbonyl (C=O) groups is 1. The molecule has 2 heterocycles. The van der Waals surface area contributed by atoms with Gasteiger partial charge in [-0.2, -0.15) is 0 Å². The number of rotatable bonds is 5. The molecular weight excluding hydrogens is 308 g/mol. The van der Waals surface area contributed by atoms with Crippen molar-refractivity contribution in [2.75, 3.05) is 30.9 Å². The van der Waals surface area contributed by atoms with E-state index in [1.165, 1.54) is 0 Å². The Bertz CT molecular complexity index is 705. The standard InChI is InChI=1S/C17H24N4O3/c1-11-8-14(12(2)24-11)17(3,23)10-19-16(22)20-13-6-7-15(18-9-13)21(4)5/h6-9,23H,10H2,1-5H3,(H2,19,20,22). The molecule has 0 saturated heterocycles. The van der Waals surface area contributed by atoms with Gasteiger partial charge in [-0.3, -0.25) is 0 Å². The van der Waals surface area contributed by atoms with E-state index in [-0.39, 0.29) is 6.54 Å². The maximum atomic E-state index is 12.0.